The van der Waals surface area contributed by atoms with E-state index in [1.807, 2.05) is 32.0 Å². The summed E-state index contributed by atoms with van der Waals surface area (Å²) in [5.74, 6) is 0.0392. The van der Waals surface area contributed by atoms with Crippen molar-refractivity contribution in [3.63, 3.8) is 0 Å². The van der Waals surface area contributed by atoms with Gasteiger partial charge in [-0.1, -0.05) is 26.0 Å². The maximum atomic E-state index is 12.7. The topological polar surface area (TPSA) is 80.6 Å². The molecular formula is C22H31N3O4S. The number of aryl methyl sites for hydroxylation is 1. The highest BCUT2D eigenvalue weighted by Gasteiger charge is 2.24. The second-order valence-electron chi connectivity index (χ2n) is 7.95. The molecule has 1 N–H and O–H groups in total. The molecule has 1 amide bonds. The summed E-state index contributed by atoms with van der Waals surface area (Å²) in [5, 5.41) is 2.77. The Morgan fingerprint density at radius 3 is 2.53 bits per heavy atom. The van der Waals surface area contributed by atoms with Crippen molar-refractivity contribution in [3.8, 4) is 5.69 Å². The van der Waals surface area contributed by atoms with Gasteiger partial charge in [0.1, 0.15) is 0 Å². The highest BCUT2D eigenvalue weighted by molar-refractivity contribution is 7.89. The number of sulfonamides is 1. The quantitative estimate of drug-likeness (QED) is 0.728. The number of rotatable bonds is 7. The van der Waals surface area contributed by atoms with E-state index in [4.69, 9.17) is 4.74 Å². The van der Waals surface area contributed by atoms with E-state index >= 15 is 0 Å². The van der Waals surface area contributed by atoms with Crippen LogP contribution in [0.3, 0.4) is 0 Å². The van der Waals surface area contributed by atoms with Crippen LogP contribution in [0.5, 0.6) is 0 Å². The molecule has 0 aliphatic carbocycles. The average Bonchev–Trinajstić information content (AvgIpc) is 3.02. The summed E-state index contributed by atoms with van der Waals surface area (Å²) in [6, 6.07) is 10.2. The predicted molar refractivity (Wildman–Crippen MR) is 118 cm³/mol. The molecule has 30 heavy (non-hydrogen) atoms. The maximum Gasteiger partial charge on any atom is 0.253 e. The van der Waals surface area contributed by atoms with E-state index in [0.29, 0.717) is 37.8 Å². The number of hydrogen-bond acceptors (Lipinski definition) is 4. The highest BCUT2D eigenvalue weighted by atomic mass is 32.2. The first-order chi connectivity index (χ1) is 14.2. The molecule has 0 spiro atoms. The Kier molecular flexibility index (Phi) is 7.00. The molecule has 164 valence electrons. The molecule has 0 bridgehead atoms. The number of ether oxygens (including phenoxy) is 1. The Morgan fingerprint density at radius 2 is 1.87 bits per heavy atom. The Hall–Kier alpha value is -2.16. The Balaban J connectivity index is 1.70. The molecule has 8 heteroatoms. The van der Waals surface area contributed by atoms with Crippen LogP contribution in [0.1, 0.15) is 47.1 Å². The Labute approximate surface area is 179 Å². The number of carbonyl (C=O) groups excluding carboxylic acids is 1. The van der Waals surface area contributed by atoms with Gasteiger partial charge in [-0.25, -0.2) is 8.42 Å². The predicted octanol–water partition coefficient (Wildman–Crippen LogP) is 2.61. The first-order valence-corrected chi connectivity index (χ1v) is 11.9. The first-order valence-electron chi connectivity index (χ1n) is 10.3. The summed E-state index contributed by atoms with van der Waals surface area (Å²) in [7, 11) is -3.40. The zero-order valence-corrected chi connectivity index (χ0v) is 19.0. The third kappa shape index (κ3) is 4.94. The fraction of sp³-hybridized carbons (Fsp3) is 0.500. The summed E-state index contributed by atoms with van der Waals surface area (Å²) in [6.07, 6.45) is 0. The van der Waals surface area contributed by atoms with Crippen molar-refractivity contribution in [2.24, 2.45) is 0 Å². The van der Waals surface area contributed by atoms with Gasteiger partial charge in [0, 0.05) is 36.7 Å². The fourth-order valence-corrected chi connectivity index (χ4v) is 5.08. The minimum Gasteiger partial charge on any atom is -0.379 e. The summed E-state index contributed by atoms with van der Waals surface area (Å²) in [6.45, 7) is 9.82. The van der Waals surface area contributed by atoms with Crippen molar-refractivity contribution in [2.45, 2.75) is 33.6 Å². The minimum absolute atomic E-state index is 0.0744. The number of benzene rings is 1. The van der Waals surface area contributed by atoms with Gasteiger partial charge in [-0.15, -0.1) is 0 Å². The molecule has 0 unspecified atom stereocenters. The summed E-state index contributed by atoms with van der Waals surface area (Å²) in [5.41, 5.74) is 4.61. The van der Waals surface area contributed by atoms with Gasteiger partial charge < -0.3 is 14.6 Å². The third-order valence-electron chi connectivity index (χ3n) is 5.48. The van der Waals surface area contributed by atoms with Crippen LogP contribution >= 0.6 is 0 Å². The van der Waals surface area contributed by atoms with E-state index in [2.05, 4.69) is 35.9 Å². The number of nitrogens with zero attached hydrogens (tertiary/aromatic N) is 2. The largest absolute Gasteiger partial charge is 0.379 e. The molecule has 1 aliphatic heterocycles. The lowest BCUT2D eigenvalue weighted by Crippen LogP contribution is -2.43. The average molecular weight is 434 g/mol. The van der Waals surface area contributed by atoms with Crippen LogP contribution < -0.4 is 5.32 Å². The first kappa shape index (κ1) is 22.5. The van der Waals surface area contributed by atoms with E-state index in [1.165, 1.54) is 9.87 Å². The summed E-state index contributed by atoms with van der Waals surface area (Å²) < 4.78 is 33.5. The SMILES string of the molecule is Cc1cc(C(=O)NCCS(=O)(=O)N2CCOCC2)c(C)n1-c1cccc(C(C)C)c1. The summed E-state index contributed by atoms with van der Waals surface area (Å²) in [4.78, 5) is 12.7. The highest BCUT2D eigenvalue weighted by Crippen LogP contribution is 2.24. The van der Waals surface area contributed by atoms with Gasteiger partial charge in [-0.05, 0) is 43.5 Å². The van der Waals surface area contributed by atoms with Crippen LogP contribution in [0.4, 0.5) is 0 Å². The van der Waals surface area contributed by atoms with Gasteiger partial charge >= 0.3 is 0 Å². The zero-order valence-electron chi connectivity index (χ0n) is 18.1. The van der Waals surface area contributed by atoms with Crippen LogP contribution in [-0.4, -0.2) is 61.8 Å². The molecule has 0 radical (unpaired) electrons. The monoisotopic (exact) mass is 433 g/mol. The lowest BCUT2D eigenvalue weighted by molar-refractivity contribution is 0.0730. The molecule has 0 saturated carbocycles. The van der Waals surface area contributed by atoms with Crippen LogP contribution in [0.2, 0.25) is 0 Å². The van der Waals surface area contributed by atoms with Crippen molar-refractivity contribution in [3.05, 3.63) is 52.8 Å². The number of morpholine rings is 1. The molecule has 7 nitrogen and oxygen atoms in total. The molecule has 1 saturated heterocycles. The second-order valence-corrected chi connectivity index (χ2v) is 10.0. The van der Waals surface area contributed by atoms with Gasteiger partial charge in [0.2, 0.25) is 10.0 Å². The molecule has 1 aliphatic rings. The second kappa shape index (κ2) is 9.32. The Morgan fingerprint density at radius 1 is 1.17 bits per heavy atom. The van der Waals surface area contributed by atoms with Gasteiger partial charge in [0.15, 0.2) is 0 Å². The van der Waals surface area contributed by atoms with Crippen molar-refractivity contribution < 1.29 is 17.9 Å². The van der Waals surface area contributed by atoms with Crippen molar-refractivity contribution in [1.82, 2.24) is 14.2 Å². The van der Waals surface area contributed by atoms with E-state index in [9.17, 15) is 13.2 Å². The molecule has 1 aromatic carbocycles. The molecule has 3 rings (SSSR count). The number of amides is 1. The van der Waals surface area contributed by atoms with E-state index in [1.54, 1.807) is 0 Å². The lowest BCUT2D eigenvalue weighted by atomic mass is 10.0. The van der Waals surface area contributed by atoms with E-state index in [0.717, 1.165) is 17.1 Å². The van der Waals surface area contributed by atoms with Crippen molar-refractivity contribution in [2.75, 3.05) is 38.6 Å². The van der Waals surface area contributed by atoms with Gasteiger partial charge in [-0.3, -0.25) is 4.79 Å². The molecule has 2 heterocycles. The maximum absolute atomic E-state index is 12.7. The smallest absolute Gasteiger partial charge is 0.253 e. The molecular weight excluding hydrogens is 402 g/mol. The zero-order chi connectivity index (χ0) is 21.9. The molecule has 2 aromatic rings. The number of nitrogens with one attached hydrogen (secondary N) is 1. The standard InChI is InChI=1S/C22H31N3O4S/c1-16(2)19-6-5-7-20(15-19)25-17(3)14-21(18(25)4)22(26)23-8-13-30(27,28)24-9-11-29-12-10-24/h5-7,14-16H,8-13H2,1-4H3,(H,23,26). The van der Waals surface area contributed by atoms with Gasteiger partial charge in [-0.2, -0.15) is 4.31 Å². The normalized spacial score (nSPS) is 15.5. The van der Waals surface area contributed by atoms with Crippen LogP contribution in [0.15, 0.2) is 30.3 Å². The number of aromatic nitrogens is 1. The van der Waals surface area contributed by atoms with Gasteiger partial charge in [0.25, 0.3) is 5.91 Å². The third-order valence-corrected chi connectivity index (χ3v) is 7.35. The minimum atomic E-state index is -3.40. The van der Waals surface area contributed by atoms with Crippen LogP contribution in [-0.2, 0) is 14.8 Å². The van der Waals surface area contributed by atoms with E-state index < -0.39 is 10.0 Å². The van der Waals surface area contributed by atoms with Crippen LogP contribution in [0, 0.1) is 13.8 Å². The van der Waals surface area contributed by atoms with Crippen molar-refractivity contribution >= 4 is 15.9 Å². The molecule has 1 fully saturated rings. The van der Waals surface area contributed by atoms with Crippen LogP contribution in [0.25, 0.3) is 5.69 Å². The lowest BCUT2D eigenvalue weighted by Gasteiger charge is -2.26. The van der Waals surface area contributed by atoms with E-state index in [-0.39, 0.29) is 18.2 Å². The Bertz CT molecular complexity index is 1010. The summed E-state index contributed by atoms with van der Waals surface area (Å²) >= 11 is 0. The number of hydrogen-bond donors (Lipinski definition) is 1. The molecule has 1 aromatic heterocycles. The van der Waals surface area contributed by atoms with Crippen molar-refractivity contribution in [1.29, 1.82) is 0 Å². The van der Waals surface area contributed by atoms with Gasteiger partial charge in [0.05, 0.1) is 24.5 Å². The number of carbonyl (C=O) groups is 1. The molecule has 0 atom stereocenters. The fourth-order valence-electron chi connectivity index (χ4n) is 3.76.